The molecular weight excluding hydrogens is 192 g/mol. The number of nitrogens with zero attached hydrogens (tertiary/aromatic N) is 1. The third-order valence-electron chi connectivity index (χ3n) is 2.65. The summed E-state index contributed by atoms with van der Waals surface area (Å²) in [4.78, 5) is 2.25. The molecule has 2 atom stereocenters. The van der Waals surface area contributed by atoms with Gasteiger partial charge in [0.1, 0.15) is 0 Å². The fourth-order valence-corrected chi connectivity index (χ4v) is 1.85. The Morgan fingerprint density at radius 2 is 2.27 bits per heavy atom. The molecule has 0 aliphatic carbocycles. The second-order valence-corrected chi connectivity index (χ2v) is 4.68. The molecule has 0 aromatic rings. The van der Waals surface area contributed by atoms with Gasteiger partial charge in [0.05, 0.1) is 18.8 Å². The van der Waals surface area contributed by atoms with Crippen molar-refractivity contribution in [3.63, 3.8) is 0 Å². The Kier molecular flexibility index (Phi) is 5.53. The smallest absolute Gasteiger partial charge is 0.0680 e. The number of β-amino-alcohol motifs (C(OH)–C–C–N with tert-alkyl or cyclic N) is 1. The largest absolute Gasteiger partial charge is 0.392 e. The summed E-state index contributed by atoms with van der Waals surface area (Å²) in [6.07, 6.45) is 1.02. The molecule has 2 unspecified atom stereocenters. The van der Waals surface area contributed by atoms with E-state index < -0.39 is 0 Å². The third-order valence-corrected chi connectivity index (χ3v) is 2.65. The molecule has 15 heavy (non-hydrogen) atoms. The monoisotopic (exact) mass is 216 g/mol. The summed E-state index contributed by atoms with van der Waals surface area (Å²) >= 11 is 0. The predicted octanol–water partition coefficient (Wildman–Crippen LogP) is 0.0660. The maximum absolute atomic E-state index is 9.36. The summed E-state index contributed by atoms with van der Waals surface area (Å²) in [6, 6.07) is 0.434. The van der Waals surface area contributed by atoms with Crippen molar-refractivity contribution in [2.24, 2.45) is 0 Å². The Labute approximate surface area is 92.6 Å². The van der Waals surface area contributed by atoms with Crippen molar-refractivity contribution in [1.82, 2.24) is 10.2 Å². The van der Waals surface area contributed by atoms with Gasteiger partial charge in [-0.25, -0.2) is 0 Å². The standard InChI is InChI=1S/C11H24N2O2/c1-9(2)15-5-4-13(3)8-10-6-11(14)7-12-10/h9-12,14H,4-8H2,1-3H3. The van der Waals surface area contributed by atoms with Crippen LogP contribution >= 0.6 is 0 Å². The average molecular weight is 216 g/mol. The third kappa shape index (κ3) is 5.47. The summed E-state index contributed by atoms with van der Waals surface area (Å²) in [7, 11) is 2.09. The zero-order valence-corrected chi connectivity index (χ0v) is 10.1. The van der Waals surface area contributed by atoms with Gasteiger partial charge < -0.3 is 20.1 Å². The predicted molar refractivity (Wildman–Crippen MR) is 61.0 cm³/mol. The molecule has 4 heteroatoms. The summed E-state index contributed by atoms with van der Waals surface area (Å²) in [6.45, 7) is 7.55. The van der Waals surface area contributed by atoms with E-state index >= 15 is 0 Å². The molecule has 0 amide bonds. The highest BCUT2D eigenvalue weighted by molar-refractivity contribution is 4.82. The molecule has 0 aromatic carbocycles. The molecule has 2 N–H and O–H groups in total. The summed E-state index contributed by atoms with van der Waals surface area (Å²) in [5.74, 6) is 0. The summed E-state index contributed by atoms with van der Waals surface area (Å²) < 4.78 is 5.49. The van der Waals surface area contributed by atoms with E-state index in [1.165, 1.54) is 0 Å². The van der Waals surface area contributed by atoms with Gasteiger partial charge in [-0.1, -0.05) is 0 Å². The molecule has 1 aliphatic rings. The van der Waals surface area contributed by atoms with Crippen LogP contribution in [0, 0.1) is 0 Å². The van der Waals surface area contributed by atoms with E-state index in [2.05, 4.69) is 31.1 Å². The number of hydrogen-bond acceptors (Lipinski definition) is 4. The Morgan fingerprint density at radius 3 is 2.80 bits per heavy atom. The molecular formula is C11H24N2O2. The minimum atomic E-state index is -0.157. The molecule has 4 nitrogen and oxygen atoms in total. The lowest BCUT2D eigenvalue weighted by Gasteiger charge is -2.21. The highest BCUT2D eigenvalue weighted by atomic mass is 16.5. The molecule has 1 fully saturated rings. The van der Waals surface area contributed by atoms with Crippen LogP contribution in [0.3, 0.4) is 0 Å². The molecule has 1 aliphatic heterocycles. The van der Waals surface area contributed by atoms with Crippen LogP contribution in [0.2, 0.25) is 0 Å². The first-order valence-corrected chi connectivity index (χ1v) is 5.79. The molecule has 0 saturated carbocycles. The molecule has 0 spiro atoms. The number of aliphatic hydroxyl groups excluding tert-OH is 1. The van der Waals surface area contributed by atoms with E-state index in [1.807, 2.05) is 0 Å². The van der Waals surface area contributed by atoms with Crippen LogP contribution in [-0.2, 0) is 4.74 Å². The molecule has 1 heterocycles. The molecule has 1 saturated heterocycles. The SMILES string of the molecule is CC(C)OCCN(C)CC1CC(O)CN1. The van der Waals surface area contributed by atoms with Crippen molar-refractivity contribution < 1.29 is 9.84 Å². The maximum Gasteiger partial charge on any atom is 0.0680 e. The van der Waals surface area contributed by atoms with Crippen LogP contribution < -0.4 is 5.32 Å². The van der Waals surface area contributed by atoms with Crippen molar-refractivity contribution in [1.29, 1.82) is 0 Å². The van der Waals surface area contributed by atoms with E-state index in [-0.39, 0.29) is 6.10 Å². The Hall–Kier alpha value is -0.160. The molecule has 0 aromatic heterocycles. The minimum absolute atomic E-state index is 0.157. The van der Waals surface area contributed by atoms with Crippen LogP contribution in [0.4, 0.5) is 0 Å². The summed E-state index contributed by atoms with van der Waals surface area (Å²) in [5, 5.41) is 12.7. The first kappa shape index (κ1) is 12.9. The second kappa shape index (κ2) is 6.43. The van der Waals surface area contributed by atoms with E-state index in [0.29, 0.717) is 12.1 Å². The maximum atomic E-state index is 9.36. The zero-order valence-electron chi connectivity index (χ0n) is 10.1. The Bertz CT molecular complexity index is 176. The highest BCUT2D eigenvalue weighted by Gasteiger charge is 2.22. The zero-order chi connectivity index (χ0) is 11.3. The van der Waals surface area contributed by atoms with Crippen LogP contribution in [0.15, 0.2) is 0 Å². The van der Waals surface area contributed by atoms with Crippen molar-refractivity contribution in [2.45, 2.75) is 38.5 Å². The van der Waals surface area contributed by atoms with Gasteiger partial charge in [-0.15, -0.1) is 0 Å². The minimum Gasteiger partial charge on any atom is -0.392 e. The van der Waals surface area contributed by atoms with Crippen molar-refractivity contribution in [3.05, 3.63) is 0 Å². The molecule has 0 bridgehead atoms. The van der Waals surface area contributed by atoms with Gasteiger partial charge in [0.15, 0.2) is 0 Å². The van der Waals surface area contributed by atoms with Crippen LogP contribution in [0.1, 0.15) is 20.3 Å². The van der Waals surface area contributed by atoms with Gasteiger partial charge in [-0.3, -0.25) is 0 Å². The van der Waals surface area contributed by atoms with Crippen LogP contribution in [-0.4, -0.2) is 61.5 Å². The fraction of sp³-hybridized carbons (Fsp3) is 1.00. The Morgan fingerprint density at radius 1 is 1.53 bits per heavy atom. The lowest BCUT2D eigenvalue weighted by molar-refractivity contribution is 0.0624. The van der Waals surface area contributed by atoms with Gasteiger partial charge in [-0.2, -0.15) is 0 Å². The topological polar surface area (TPSA) is 44.7 Å². The number of rotatable bonds is 6. The van der Waals surface area contributed by atoms with E-state index in [9.17, 15) is 5.11 Å². The lowest BCUT2D eigenvalue weighted by atomic mass is 10.2. The number of likely N-dealkylation sites (N-methyl/N-ethyl adjacent to an activating group) is 1. The first-order chi connectivity index (χ1) is 7.08. The van der Waals surface area contributed by atoms with Crippen LogP contribution in [0.5, 0.6) is 0 Å². The normalized spacial score (nSPS) is 26.8. The van der Waals surface area contributed by atoms with Gasteiger partial charge >= 0.3 is 0 Å². The van der Waals surface area contributed by atoms with E-state index in [0.717, 1.165) is 32.7 Å². The van der Waals surface area contributed by atoms with E-state index in [1.54, 1.807) is 0 Å². The molecule has 90 valence electrons. The number of aliphatic hydroxyl groups is 1. The Balaban J connectivity index is 2.05. The second-order valence-electron chi connectivity index (χ2n) is 4.68. The number of ether oxygens (including phenoxy) is 1. The van der Waals surface area contributed by atoms with Gasteiger partial charge in [0.2, 0.25) is 0 Å². The van der Waals surface area contributed by atoms with Crippen molar-refractivity contribution >= 4 is 0 Å². The van der Waals surface area contributed by atoms with Crippen molar-refractivity contribution in [3.8, 4) is 0 Å². The number of hydrogen-bond donors (Lipinski definition) is 2. The van der Waals surface area contributed by atoms with Gasteiger partial charge in [0, 0.05) is 25.7 Å². The highest BCUT2D eigenvalue weighted by Crippen LogP contribution is 2.07. The molecule has 0 radical (unpaired) electrons. The average Bonchev–Trinajstić information content (AvgIpc) is 2.50. The lowest BCUT2D eigenvalue weighted by Crippen LogP contribution is -2.37. The van der Waals surface area contributed by atoms with Crippen LogP contribution in [0.25, 0.3) is 0 Å². The fourth-order valence-electron chi connectivity index (χ4n) is 1.85. The van der Waals surface area contributed by atoms with E-state index in [4.69, 9.17) is 4.74 Å². The molecule has 1 rings (SSSR count). The van der Waals surface area contributed by atoms with Crippen molar-refractivity contribution in [2.75, 3.05) is 33.3 Å². The van der Waals surface area contributed by atoms with Gasteiger partial charge in [0.25, 0.3) is 0 Å². The number of nitrogens with one attached hydrogen (secondary N) is 1. The van der Waals surface area contributed by atoms with Gasteiger partial charge in [-0.05, 0) is 27.3 Å². The summed E-state index contributed by atoms with van der Waals surface area (Å²) in [5.41, 5.74) is 0. The first-order valence-electron chi connectivity index (χ1n) is 5.79. The quantitative estimate of drug-likeness (QED) is 0.659.